The summed E-state index contributed by atoms with van der Waals surface area (Å²) in [5.41, 5.74) is 0. The molecule has 0 aromatic rings. The number of aliphatic hydroxyl groups is 1. The minimum atomic E-state index is -0.111. The smallest absolute Gasteiger partial charge is 0.0667 e. The molecule has 0 saturated carbocycles. The van der Waals surface area contributed by atoms with Crippen LogP contribution in [0, 0.1) is 0 Å². The summed E-state index contributed by atoms with van der Waals surface area (Å²) >= 11 is 0. The van der Waals surface area contributed by atoms with Crippen LogP contribution in [0.15, 0.2) is 0 Å². The van der Waals surface area contributed by atoms with Crippen molar-refractivity contribution in [3.63, 3.8) is 0 Å². The first kappa shape index (κ1) is 8.97. The van der Waals surface area contributed by atoms with Crippen LogP contribution in [0.2, 0.25) is 0 Å². The van der Waals surface area contributed by atoms with E-state index < -0.39 is 0 Å². The Bertz CT molecular complexity index is 108. The van der Waals surface area contributed by atoms with Crippen LogP contribution in [-0.2, 0) is 4.74 Å². The summed E-state index contributed by atoms with van der Waals surface area (Å²) in [6.07, 6.45) is 1.97. The highest BCUT2D eigenvalue weighted by Gasteiger charge is 2.16. The molecule has 11 heavy (non-hydrogen) atoms. The summed E-state index contributed by atoms with van der Waals surface area (Å²) in [4.78, 5) is 2.25. The molecule has 0 aliphatic carbocycles. The molecule has 66 valence electrons. The fourth-order valence-electron chi connectivity index (χ4n) is 1.45. The maximum Gasteiger partial charge on any atom is 0.0667 e. The molecule has 1 rings (SSSR count). The third-order valence-electron chi connectivity index (χ3n) is 2.09. The molecule has 0 aromatic heterocycles. The Morgan fingerprint density at radius 3 is 3.09 bits per heavy atom. The van der Waals surface area contributed by atoms with Crippen molar-refractivity contribution in [3.8, 4) is 0 Å². The normalized spacial score (nSPS) is 27.3. The minimum absolute atomic E-state index is 0.111. The van der Waals surface area contributed by atoms with E-state index in [0.717, 1.165) is 39.1 Å². The van der Waals surface area contributed by atoms with Crippen LogP contribution in [0.4, 0.5) is 0 Å². The van der Waals surface area contributed by atoms with E-state index in [1.54, 1.807) is 7.11 Å². The SMILES string of the molecule is COCCN1CCC[C@H](O)C1. The van der Waals surface area contributed by atoms with Gasteiger partial charge in [0.25, 0.3) is 0 Å². The zero-order valence-electron chi connectivity index (χ0n) is 7.12. The van der Waals surface area contributed by atoms with Gasteiger partial charge >= 0.3 is 0 Å². The van der Waals surface area contributed by atoms with E-state index in [1.165, 1.54) is 0 Å². The molecule has 0 radical (unpaired) electrons. The van der Waals surface area contributed by atoms with Crippen LogP contribution in [0.25, 0.3) is 0 Å². The Labute approximate surface area is 68.0 Å². The van der Waals surface area contributed by atoms with Gasteiger partial charge in [0.2, 0.25) is 0 Å². The van der Waals surface area contributed by atoms with E-state index in [4.69, 9.17) is 4.74 Å². The first-order valence-electron chi connectivity index (χ1n) is 4.22. The van der Waals surface area contributed by atoms with Crippen molar-refractivity contribution in [3.05, 3.63) is 0 Å². The van der Waals surface area contributed by atoms with Crippen LogP contribution in [0.3, 0.4) is 0 Å². The topological polar surface area (TPSA) is 32.7 Å². The van der Waals surface area contributed by atoms with E-state index in [-0.39, 0.29) is 6.10 Å². The van der Waals surface area contributed by atoms with Crippen molar-refractivity contribution >= 4 is 0 Å². The standard InChI is InChI=1S/C8H17NO2/c1-11-6-5-9-4-2-3-8(10)7-9/h8,10H,2-7H2,1H3/t8-/m0/s1. The number of β-amino-alcohol motifs (C(OH)–C–C–N with tert-alkyl or cyclic N) is 1. The van der Waals surface area contributed by atoms with Crippen LogP contribution in [0.5, 0.6) is 0 Å². The van der Waals surface area contributed by atoms with Gasteiger partial charge in [-0.05, 0) is 19.4 Å². The molecule has 0 amide bonds. The van der Waals surface area contributed by atoms with Gasteiger partial charge in [-0.15, -0.1) is 0 Å². The monoisotopic (exact) mass is 159 g/mol. The van der Waals surface area contributed by atoms with Gasteiger partial charge in [0.05, 0.1) is 12.7 Å². The lowest BCUT2D eigenvalue weighted by molar-refractivity contribution is 0.0546. The summed E-state index contributed by atoms with van der Waals surface area (Å²) in [7, 11) is 1.71. The fourth-order valence-corrected chi connectivity index (χ4v) is 1.45. The lowest BCUT2D eigenvalue weighted by atomic mass is 10.1. The Balaban J connectivity index is 2.12. The zero-order valence-corrected chi connectivity index (χ0v) is 7.12. The van der Waals surface area contributed by atoms with E-state index in [2.05, 4.69) is 4.90 Å². The lowest BCUT2D eigenvalue weighted by Gasteiger charge is -2.29. The highest BCUT2D eigenvalue weighted by molar-refractivity contribution is 4.70. The number of likely N-dealkylation sites (tertiary alicyclic amines) is 1. The Kier molecular flexibility index (Phi) is 3.83. The van der Waals surface area contributed by atoms with Crippen LogP contribution in [-0.4, -0.2) is 49.5 Å². The average Bonchev–Trinajstić information content (AvgIpc) is 2.01. The molecular weight excluding hydrogens is 142 g/mol. The summed E-state index contributed by atoms with van der Waals surface area (Å²) in [6.45, 7) is 3.66. The number of hydrogen-bond acceptors (Lipinski definition) is 3. The minimum Gasteiger partial charge on any atom is -0.392 e. The summed E-state index contributed by atoms with van der Waals surface area (Å²) in [6, 6.07) is 0. The largest absolute Gasteiger partial charge is 0.392 e. The van der Waals surface area contributed by atoms with Crippen molar-refractivity contribution in [2.45, 2.75) is 18.9 Å². The molecule has 3 nitrogen and oxygen atoms in total. The molecule has 1 heterocycles. The van der Waals surface area contributed by atoms with Gasteiger partial charge in [-0.2, -0.15) is 0 Å². The number of aliphatic hydroxyl groups excluding tert-OH is 1. The van der Waals surface area contributed by atoms with E-state index in [9.17, 15) is 5.11 Å². The number of methoxy groups -OCH3 is 1. The van der Waals surface area contributed by atoms with Crippen molar-refractivity contribution in [2.75, 3.05) is 33.4 Å². The third kappa shape index (κ3) is 3.18. The molecule has 1 aliphatic rings. The highest BCUT2D eigenvalue weighted by atomic mass is 16.5. The van der Waals surface area contributed by atoms with E-state index in [1.807, 2.05) is 0 Å². The van der Waals surface area contributed by atoms with Gasteiger partial charge in [-0.25, -0.2) is 0 Å². The molecular formula is C8H17NO2. The first-order chi connectivity index (χ1) is 5.33. The van der Waals surface area contributed by atoms with Gasteiger partial charge in [-0.3, -0.25) is 4.90 Å². The molecule has 1 fully saturated rings. The van der Waals surface area contributed by atoms with Crippen molar-refractivity contribution in [1.29, 1.82) is 0 Å². The molecule has 1 atom stereocenters. The van der Waals surface area contributed by atoms with Gasteiger partial charge in [0, 0.05) is 20.2 Å². The van der Waals surface area contributed by atoms with Gasteiger partial charge in [-0.1, -0.05) is 0 Å². The molecule has 0 spiro atoms. The molecule has 1 N–H and O–H groups in total. The van der Waals surface area contributed by atoms with Crippen LogP contribution >= 0.6 is 0 Å². The van der Waals surface area contributed by atoms with Crippen molar-refractivity contribution in [1.82, 2.24) is 4.90 Å². The second-order valence-corrected chi connectivity index (χ2v) is 3.09. The molecule has 0 aromatic carbocycles. The molecule has 1 saturated heterocycles. The van der Waals surface area contributed by atoms with Crippen molar-refractivity contribution in [2.24, 2.45) is 0 Å². The summed E-state index contributed by atoms with van der Waals surface area (Å²) < 4.78 is 4.96. The Morgan fingerprint density at radius 2 is 2.45 bits per heavy atom. The quantitative estimate of drug-likeness (QED) is 0.633. The van der Waals surface area contributed by atoms with E-state index >= 15 is 0 Å². The van der Waals surface area contributed by atoms with Gasteiger partial charge in [0.15, 0.2) is 0 Å². The number of nitrogens with zero attached hydrogens (tertiary/aromatic N) is 1. The molecule has 0 bridgehead atoms. The molecule has 3 heteroatoms. The third-order valence-corrected chi connectivity index (χ3v) is 2.09. The predicted molar refractivity (Wildman–Crippen MR) is 43.6 cm³/mol. The van der Waals surface area contributed by atoms with Crippen molar-refractivity contribution < 1.29 is 9.84 Å². The fraction of sp³-hybridized carbons (Fsp3) is 1.00. The maximum atomic E-state index is 9.30. The first-order valence-corrected chi connectivity index (χ1v) is 4.22. The second kappa shape index (κ2) is 4.70. The Hall–Kier alpha value is -0.120. The molecule has 1 aliphatic heterocycles. The highest BCUT2D eigenvalue weighted by Crippen LogP contribution is 2.08. The number of hydrogen-bond donors (Lipinski definition) is 1. The zero-order chi connectivity index (χ0) is 8.10. The number of rotatable bonds is 3. The predicted octanol–water partition coefficient (Wildman–Crippen LogP) is 0.0895. The molecule has 0 unspecified atom stereocenters. The van der Waals surface area contributed by atoms with Crippen LogP contribution in [0.1, 0.15) is 12.8 Å². The maximum absolute atomic E-state index is 9.30. The summed E-state index contributed by atoms with van der Waals surface area (Å²) in [5, 5.41) is 9.30. The van der Waals surface area contributed by atoms with Gasteiger partial charge < -0.3 is 9.84 Å². The number of piperidine rings is 1. The lowest BCUT2D eigenvalue weighted by Crippen LogP contribution is -2.39. The average molecular weight is 159 g/mol. The van der Waals surface area contributed by atoms with Crippen LogP contribution < -0.4 is 0 Å². The second-order valence-electron chi connectivity index (χ2n) is 3.09. The van der Waals surface area contributed by atoms with E-state index in [0.29, 0.717) is 0 Å². The van der Waals surface area contributed by atoms with Gasteiger partial charge in [0.1, 0.15) is 0 Å². The number of ether oxygens (including phenoxy) is 1. The Morgan fingerprint density at radius 1 is 1.64 bits per heavy atom. The summed E-state index contributed by atoms with van der Waals surface area (Å²) in [5.74, 6) is 0.